The van der Waals surface area contributed by atoms with Crippen molar-refractivity contribution in [1.29, 1.82) is 0 Å². The predicted octanol–water partition coefficient (Wildman–Crippen LogP) is 1.42. The Hall–Kier alpha value is -0.650. The fourth-order valence-electron chi connectivity index (χ4n) is 2.45. The highest BCUT2D eigenvalue weighted by Gasteiger charge is 2.44. The van der Waals surface area contributed by atoms with Gasteiger partial charge in [0.15, 0.2) is 6.29 Å². The SMILES string of the molecule is OC(CC1OCCc2cc(Cl)ccc21)C1OC1O. The van der Waals surface area contributed by atoms with Crippen molar-refractivity contribution in [2.75, 3.05) is 6.61 Å². The lowest BCUT2D eigenvalue weighted by molar-refractivity contribution is -0.00233. The second-order valence-electron chi connectivity index (χ2n) is 4.75. The number of ether oxygens (including phenoxy) is 2. The third-order valence-corrected chi connectivity index (χ3v) is 3.71. The Morgan fingerprint density at radius 3 is 2.94 bits per heavy atom. The molecule has 98 valence electrons. The fourth-order valence-corrected chi connectivity index (χ4v) is 2.65. The standard InChI is InChI=1S/C13H15ClO4/c14-8-1-2-9-7(5-8)3-4-17-11(9)6-10(15)12-13(16)18-12/h1-2,5,10-13,15-16H,3-4,6H2. The second-order valence-corrected chi connectivity index (χ2v) is 5.18. The number of fused-ring (bicyclic) bond motifs is 1. The van der Waals surface area contributed by atoms with Gasteiger partial charge in [-0.2, -0.15) is 0 Å². The van der Waals surface area contributed by atoms with Gasteiger partial charge >= 0.3 is 0 Å². The van der Waals surface area contributed by atoms with E-state index in [-0.39, 0.29) is 6.10 Å². The van der Waals surface area contributed by atoms with Crippen LogP contribution in [0.2, 0.25) is 5.02 Å². The molecule has 0 aliphatic carbocycles. The Morgan fingerprint density at radius 1 is 1.44 bits per heavy atom. The van der Waals surface area contributed by atoms with Gasteiger partial charge in [-0.05, 0) is 29.7 Å². The van der Waals surface area contributed by atoms with E-state index in [0.717, 1.165) is 17.0 Å². The average Bonchev–Trinajstić information content (AvgIpc) is 3.06. The molecule has 2 aliphatic rings. The highest BCUT2D eigenvalue weighted by atomic mass is 35.5. The zero-order valence-corrected chi connectivity index (χ0v) is 10.5. The molecule has 0 saturated carbocycles. The van der Waals surface area contributed by atoms with Crippen LogP contribution in [0, 0.1) is 0 Å². The van der Waals surface area contributed by atoms with Gasteiger partial charge in [0.25, 0.3) is 0 Å². The molecule has 1 fully saturated rings. The van der Waals surface area contributed by atoms with Crippen LogP contribution in [-0.4, -0.2) is 35.3 Å². The van der Waals surface area contributed by atoms with Crippen molar-refractivity contribution in [3.8, 4) is 0 Å². The molecule has 0 amide bonds. The highest BCUT2D eigenvalue weighted by molar-refractivity contribution is 6.30. The van der Waals surface area contributed by atoms with Gasteiger partial charge in [-0.1, -0.05) is 17.7 Å². The quantitative estimate of drug-likeness (QED) is 0.816. The van der Waals surface area contributed by atoms with Gasteiger partial charge in [0.2, 0.25) is 0 Å². The maximum Gasteiger partial charge on any atom is 0.184 e. The van der Waals surface area contributed by atoms with Gasteiger partial charge in [-0.3, -0.25) is 0 Å². The molecule has 1 saturated heterocycles. The summed E-state index contributed by atoms with van der Waals surface area (Å²) in [6.07, 6.45) is -0.884. The first-order valence-electron chi connectivity index (χ1n) is 6.06. The maximum atomic E-state index is 9.90. The lowest BCUT2D eigenvalue weighted by Crippen LogP contribution is -2.25. The lowest BCUT2D eigenvalue weighted by Gasteiger charge is -2.27. The molecule has 4 unspecified atom stereocenters. The van der Waals surface area contributed by atoms with Gasteiger partial charge in [-0.25, -0.2) is 0 Å². The highest BCUT2D eigenvalue weighted by Crippen LogP contribution is 2.35. The van der Waals surface area contributed by atoms with E-state index in [1.54, 1.807) is 0 Å². The van der Waals surface area contributed by atoms with Crippen LogP contribution in [0.15, 0.2) is 18.2 Å². The number of hydrogen-bond acceptors (Lipinski definition) is 4. The zero-order chi connectivity index (χ0) is 12.7. The summed E-state index contributed by atoms with van der Waals surface area (Å²) in [6.45, 7) is 0.624. The molecule has 3 rings (SSSR count). The van der Waals surface area contributed by atoms with Crippen LogP contribution in [0.1, 0.15) is 23.7 Å². The maximum absolute atomic E-state index is 9.90. The number of rotatable bonds is 3. The molecule has 4 atom stereocenters. The minimum atomic E-state index is -0.826. The molecule has 0 radical (unpaired) electrons. The number of halogens is 1. The van der Waals surface area contributed by atoms with Crippen LogP contribution >= 0.6 is 11.6 Å². The van der Waals surface area contributed by atoms with E-state index >= 15 is 0 Å². The minimum Gasteiger partial charge on any atom is -0.390 e. The zero-order valence-electron chi connectivity index (χ0n) is 9.75. The van der Waals surface area contributed by atoms with Gasteiger partial charge < -0.3 is 19.7 Å². The summed E-state index contributed by atoms with van der Waals surface area (Å²) >= 11 is 5.97. The Morgan fingerprint density at radius 2 is 2.22 bits per heavy atom. The van der Waals surface area contributed by atoms with E-state index in [9.17, 15) is 5.11 Å². The summed E-state index contributed by atoms with van der Waals surface area (Å²) in [4.78, 5) is 0. The van der Waals surface area contributed by atoms with Crippen LogP contribution in [0.3, 0.4) is 0 Å². The molecule has 1 aromatic carbocycles. The normalized spacial score (nSPS) is 31.8. The molecular weight excluding hydrogens is 256 g/mol. The van der Waals surface area contributed by atoms with Crippen molar-refractivity contribution in [3.63, 3.8) is 0 Å². The van der Waals surface area contributed by atoms with E-state index < -0.39 is 18.5 Å². The van der Waals surface area contributed by atoms with Crippen LogP contribution in [0.5, 0.6) is 0 Å². The monoisotopic (exact) mass is 270 g/mol. The molecule has 0 aromatic heterocycles. The third kappa shape index (κ3) is 2.39. The summed E-state index contributed by atoms with van der Waals surface area (Å²) < 4.78 is 10.5. The Balaban J connectivity index is 1.74. The van der Waals surface area contributed by atoms with Crippen LogP contribution in [0.4, 0.5) is 0 Å². The predicted molar refractivity (Wildman–Crippen MR) is 65.4 cm³/mol. The molecule has 5 heteroatoms. The number of hydrogen-bond donors (Lipinski definition) is 2. The van der Waals surface area contributed by atoms with E-state index in [4.69, 9.17) is 26.2 Å². The first-order valence-corrected chi connectivity index (χ1v) is 6.44. The van der Waals surface area contributed by atoms with Crippen LogP contribution in [0.25, 0.3) is 0 Å². The van der Waals surface area contributed by atoms with Crippen molar-refractivity contribution in [2.24, 2.45) is 0 Å². The van der Waals surface area contributed by atoms with Crippen LogP contribution < -0.4 is 0 Å². The Bertz CT molecular complexity index is 451. The van der Waals surface area contributed by atoms with Gasteiger partial charge in [0, 0.05) is 11.4 Å². The van der Waals surface area contributed by atoms with Crippen molar-refractivity contribution >= 4 is 11.6 Å². The van der Waals surface area contributed by atoms with E-state index in [0.29, 0.717) is 13.0 Å². The smallest absolute Gasteiger partial charge is 0.184 e. The number of aliphatic hydroxyl groups is 2. The lowest BCUT2D eigenvalue weighted by atomic mass is 9.93. The fraction of sp³-hybridized carbons (Fsp3) is 0.538. The topological polar surface area (TPSA) is 62.2 Å². The Kier molecular flexibility index (Phi) is 3.30. The van der Waals surface area contributed by atoms with Gasteiger partial charge in [-0.15, -0.1) is 0 Å². The number of aliphatic hydroxyl groups excluding tert-OH is 2. The summed E-state index contributed by atoms with van der Waals surface area (Å²) in [5.74, 6) is 0. The molecule has 0 bridgehead atoms. The van der Waals surface area contributed by atoms with E-state index in [1.165, 1.54) is 5.56 Å². The van der Waals surface area contributed by atoms with Gasteiger partial charge in [0.05, 0.1) is 18.8 Å². The van der Waals surface area contributed by atoms with Crippen molar-refractivity contribution in [3.05, 3.63) is 34.3 Å². The number of epoxide rings is 1. The number of benzene rings is 1. The first kappa shape index (κ1) is 12.4. The minimum absolute atomic E-state index is 0.155. The largest absolute Gasteiger partial charge is 0.390 e. The summed E-state index contributed by atoms with van der Waals surface area (Å²) in [6, 6.07) is 5.72. The molecule has 0 spiro atoms. The van der Waals surface area contributed by atoms with Crippen LogP contribution in [-0.2, 0) is 15.9 Å². The molecule has 2 N–H and O–H groups in total. The molecule has 2 heterocycles. The first-order chi connectivity index (χ1) is 8.65. The molecule has 4 nitrogen and oxygen atoms in total. The molecule has 1 aromatic rings. The summed E-state index contributed by atoms with van der Waals surface area (Å²) in [7, 11) is 0. The van der Waals surface area contributed by atoms with Crippen molar-refractivity contribution in [1.82, 2.24) is 0 Å². The van der Waals surface area contributed by atoms with E-state index in [1.807, 2.05) is 18.2 Å². The van der Waals surface area contributed by atoms with Crippen molar-refractivity contribution in [2.45, 2.75) is 37.4 Å². The van der Waals surface area contributed by atoms with Crippen molar-refractivity contribution < 1.29 is 19.7 Å². The molecule has 2 aliphatic heterocycles. The molecule has 18 heavy (non-hydrogen) atoms. The summed E-state index contributed by atoms with van der Waals surface area (Å²) in [5, 5.41) is 19.7. The van der Waals surface area contributed by atoms with E-state index in [2.05, 4.69) is 0 Å². The molecular formula is C13H15ClO4. The third-order valence-electron chi connectivity index (χ3n) is 3.48. The van der Waals surface area contributed by atoms with Gasteiger partial charge in [0.1, 0.15) is 6.10 Å². The Labute approximate surface area is 110 Å². The second kappa shape index (κ2) is 4.79. The summed E-state index contributed by atoms with van der Waals surface area (Å²) in [5.41, 5.74) is 2.24. The average molecular weight is 271 g/mol.